The van der Waals surface area contributed by atoms with Gasteiger partial charge < -0.3 is 10.1 Å². The smallest absolute Gasteiger partial charge is 0.207 e. The van der Waals surface area contributed by atoms with Gasteiger partial charge >= 0.3 is 0 Å². The normalized spacial score (nSPS) is 10.6. The Kier molecular flexibility index (Phi) is 3.94. The number of nitrogens with one attached hydrogen (secondary N) is 1. The van der Waals surface area contributed by atoms with Gasteiger partial charge in [0.1, 0.15) is 5.82 Å². The van der Waals surface area contributed by atoms with Crippen LogP contribution in [0, 0.1) is 12.7 Å². The Bertz CT molecular complexity index is 525. The van der Waals surface area contributed by atoms with Crippen molar-refractivity contribution in [3.05, 3.63) is 42.0 Å². The number of aryl methyl sites for hydroxylation is 1. The van der Waals surface area contributed by atoms with Crippen molar-refractivity contribution in [2.24, 2.45) is 0 Å². The first kappa shape index (κ1) is 12.6. The number of aromatic nitrogens is 2. The maximum atomic E-state index is 13.3. The minimum atomic E-state index is -0.257. The van der Waals surface area contributed by atoms with Crippen molar-refractivity contribution >= 4 is 5.95 Å². The van der Waals surface area contributed by atoms with E-state index in [2.05, 4.69) is 10.3 Å². The fraction of sp³-hybridized carbons (Fsp3) is 0.308. The number of hydrogen-bond acceptors (Lipinski definition) is 3. The Labute approximate surface area is 105 Å². The standard InChI is InChI=1S/C13H16FN3O/c1-10-3-4-11(14)9-12(10)17-7-5-15-13(17)16-6-8-18-2/h3-5,7,9H,6,8H2,1-2H3,(H,15,16). The average Bonchev–Trinajstić information content (AvgIpc) is 2.81. The summed E-state index contributed by atoms with van der Waals surface area (Å²) in [6, 6.07) is 4.70. The molecule has 0 atom stereocenters. The number of imidazole rings is 1. The van der Waals surface area contributed by atoms with Gasteiger partial charge in [-0.3, -0.25) is 4.57 Å². The van der Waals surface area contributed by atoms with E-state index >= 15 is 0 Å². The molecule has 0 unspecified atom stereocenters. The number of anilines is 1. The van der Waals surface area contributed by atoms with Crippen molar-refractivity contribution < 1.29 is 9.13 Å². The molecule has 0 spiro atoms. The maximum absolute atomic E-state index is 13.3. The van der Waals surface area contributed by atoms with Crippen LogP contribution in [0.1, 0.15) is 5.56 Å². The molecule has 0 aliphatic carbocycles. The molecule has 0 radical (unpaired) electrons. The third-order valence-corrected chi connectivity index (χ3v) is 2.66. The van der Waals surface area contributed by atoms with Crippen LogP contribution in [0.4, 0.5) is 10.3 Å². The van der Waals surface area contributed by atoms with Crippen molar-refractivity contribution in [3.63, 3.8) is 0 Å². The third-order valence-electron chi connectivity index (χ3n) is 2.66. The van der Waals surface area contributed by atoms with Crippen molar-refractivity contribution in [3.8, 4) is 5.69 Å². The van der Waals surface area contributed by atoms with Gasteiger partial charge in [0.25, 0.3) is 0 Å². The zero-order chi connectivity index (χ0) is 13.0. The second kappa shape index (κ2) is 5.64. The Hall–Kier alpha value is -1.88. The second-order valence-electron chi connectivity index (χ2n) is 3.97. The summed E-state index contributed by atoms with van der Waals surface area (Å²) >= 11 is 0. The van der Waals surface area contributed by atoms with E-state index in [9.17, 15) is 4.39 Å². The van der Waals surface area contributed by atoms with Gasteiger partial charge in [0.05, 0.1) is 12.3 Å². The quantitative estimate of drug-likeness (QED) is 0.827. The summed E-state index contributed by atoms with van der Waals surface area (Å²) in [6.45, 7) is 3.19. The summed E-state index contributed by atoms with van der Waals surface area (Å²) in [5, 5.41) is 3.14. The molecule has 0 amide bonds. The van der Waals surface area contributed by atoms with Crippen LogP contribution in [0.5, 0.6) is 0 Å². The Balaban J connectivity index is 2.27. The minimum absolute atomic E-state index is 0.257. The number of benzene rings is 1. The Morgan fingerprint density at radius 3 is 3.06 bits per heavy atom. The molecule has 1 aromatic heterocycles. The van der Waals surface area contributed by atoms with Crippen molar-refractivity contribution in [1.29, 1.82) is 0 Å². The van der Waals surface area contributed by atoms with E-state index in [1.807, 2.05) is 11.5 Å². The van der Waals surface area contributed by atoms with E-state index in [0.717, 1.165) is 11.3 Å². The molecule has 18 heavy (non-hydrogen) atoms. The molecule has 0 bridgehead atoms. The Morgan fingerprint density at radius 2 is 2.28 bits per heavy atom. The van der Waals surface area contributed by atoms with E-state index in [4.69, 9.17) is 4.74 Å². The molecule has 1 aromatic carbocycles. The fourth-order valence-corrected chi connectivity index (χ4v) is 1.74. The van der Waals surface area contributed by atoms with Crippen LogP contribution < -0.4 is 5.32 Å². The summed E-state index contributed by atoms with van der Waals surface area (Å²) in [7, 11) is 1.64. The molecular formula is C13H16FN3O. The van der Waals surface area contributed by atoms with E-state index in [-0.39, 0.29) is 5.82 Å². The van der Waals surface area contributed by atoms with Gasteiger partial charge in [-0.05, 0) is 24.6 Å². The summed E-state index contributed by atoms with van der Waals surface area (Å²) in [5.74, 6) is 0.424. The zero-order valence-corrected chi connectivity index (χ0v) is 10.5. The molecule has 0 aliphatic heterocycles. The lowest BCUT2D eigenvalue weighted by Gasteiger charge is -2.12. The molecule has 2 rings (SSSR count). The first-order valence-corrected chi connectivity index (χ1v) is 5.75. The van der Waals surface area contributed by atoms with Crippen LogP contribution in [-0.4, -0.2) is 29.8 Å². The van der Waals surface area contributed by atoms with Crippen LogP contribution in [0.25, 0.3) is 5.69 Å². The van der Waals surface area contributed by atoms with Crippen LogP contribution in [-0.2, 0) is 4.74 Å². The summed E-state index contributed by atoms with van der Waals surface area (Å²) in [6.07, 6.45) is 3.48. The van der Waals surface area contributed by atoms with Gasteiger partial charge in [0.2, 0.25) is 5.95 Å². The molecule has 0 fully saturated rings. The lowest BCUT2D eigenvalue weighted by Crippen LogP contribution is -2.12. The molecule has 0 saturated carbocycles. The van der Waals surface area contributed by atoms with E-state index < -0.39 is 0 Å². The fourth-order valence-electron chi connectivity index (χ4n) is 1.74. The lowest BCUT2D eigenvalue weighted by atomic mass is 10.2. The summed E-state index contributed by atoms with van der Waals surface area (Å²) in [4.78, 5) is 4.21. The molecule has 4 nitrogen and oxygen atoms in total. The monoisotopic (exact) mass is 249 g/mol. The van der Waals surface area contributed by atoms with Gasteiger partial charge in [0.15, 0.2) is 0 Å². The SMILES string of the molecule is COCCNc1nccn1-c1cc(F)ccc1C. The number of halogens is 1. The maximum Gasteiger partial charge on any atom is 0.207 e. The lowest BCUT2D eigenvalue weighted by molar-refractivity contribution is 0.210. The Morgan fingerprint density at radius 1 is 1.44 bits per heavy atom. The number of nitrogens with zero attached hydrogens (tertiary/aromatic N) is 2. The molecule has 0 saturated heterocycles. The highest BCUT2D eigenvalue weighted by atomic mass is 19.1. The van der Waals surface area contributed by atoms with Gasteiger partial charge in [-0.15, -0.1) is 0 Å². The predicted octanol–water partition coefficient (Wildman–Crippen LogP) is 2.38. The first-order valence-electron chi connectivity index (χ1n) is 5.75. The number of rotatable bonds is 5. The van der Waals surface area contributed by atoms with Gasteiger partial charge in [0, 0.05) is 26.0 Å². The molecule has 5 heteroatoms. The van der Waals surface area contributed by atoms with Crippen molar-refractivity contribution in [2.45, 2.75) is 6.92 Å². The number of hydrogen-bond donors (Lipinski definition) is 1. The van der Waals surface area contributed by atoms with Crippen LogP contribution in [0.2, 0.25) is 0 Å². The molecule has 2 aromatic rings. The largest absolute Gasteiger partial charge is 0.383 e. The number of ether oxygens (including phenoxy) is 1. The van der Waals surface area contributed by atoms with Crippen LogP contribution >= 0.6 is 0 Å². The van der Waals surface area contributed by atoms with Gasteiger partial charge in [-0.25, -0.2) is 9.37 Å². The number of methoxy groups -OCH3 is 1. The van der Waals surface area contributed by atoms with E-state index in [0.29, 0.717) is 19.1 Å². The highest BCUT2D eigenvalue weighted by molar-refractivity contribution is 5.46. The van der Waals surface area contributed by atoms with E-state index in [1.165, 1.54) is 12.1 Å². The predicted molar refractivity (Wildman–Crippen MR) is 68.6 cm³/mol. The highest BCUT2D eigenvalue weighted by Gasteiger charge is 2.07. The van der Waals surface area contributed by atoms with Crippen LogP contribution in [0.15, 0.2) is 30.6 Å². The summed E-state index contributed by atoms with van der Waals surface area (Å²) in [5.41, 5.74) is 1.77. The third kappa shape index (κ3) is 2.68. The van der Waals surface area contributed by atoms with Crippen molar-refractivity contribution in [1.82, 2.24) is 9.55 Å². The topological polar surface area (TPSA) is 39.1 Å². The summed E-state index contributed by atoms with van der Waals surface area (Å²) < 4.78 is 20.1. The molecule has 96 valence electrons. The minimum Gasteiger partial charge on any atom is -0.383 e. The van der Waals surface area contributed by atoms with Crippen molar-refractivity contribution in [2.75, 3.05) is 25.6 Å². The van der Waals surface area contributed by atoms with Gasteiger partial charge in [-0.2, -0.15) is 0 Å². The average molecular weight is 249 g/mol. The molecule has 1 heterocycles. The molecule has 1 N–H and O–H groups in total. The highest BCUT2D eigenvalue weighted by Crippen LogP contribution is 2.19. The second-order valence-corrected chi connectivity index (χ2v) is 3.97. The van der Waals surface area contributed by atoms with Crippen LogP contribution in [0.3, 0.4) is 0 Å². The van der Waals surface area contributed by atoms with E-state index in [1.54, 1.807) is 25.6 Å². The van der Waals surface area contributed by atoms with Gasteiger partial charge in [-0.1, -0.05) is 6.07 Å². The zero-order valence-electron chi connectivity index (χ0n) is 10.5. The first-order chi connectivity index (χ1) is 8.72. The molecular weight excluding hydrogens is 233 g/mol. The molecule has 0 aliphatic rings.